The molecular weight excluding hydrogens is 466 g/mol. The molecule has 0 radical (unpaired) electrons. The van der Waals surface area contributed by atoms with Crippen molar-refractivity contribution in [2.45, 2.75) is 31.6 Å². The quantitative estimate of drug-likeness (QED) is 0.309. The van der Waals surface area contributed by atoms with E-state index in [1.807, 2.05) is 62.4 Å². The van der Waals surface area contributed by atoms with Gasteiger partial charge in [-0.2, -0.15) is 4.31 Å². The van der Waals surface area contributed by atoms with Crippen LogP contribution < -0.4 is 5.32 Å². The normalized spacial score (nSPS) is 11.7. The van der Waals surface area contributed by atoms with Crippen molar-refractivity contribution in [3.05, 3.63) is 78.4 Å². The van der Waals surface area contributed by atoms with Gasteiger partial charge < -0.3 is 5.32 Å². The number of carbonyl (C=O) groups excluding carboxylic acids is 1. The summed E-state index contributed by atoms with van der Waals surface area (Å²) >= 11 is 1.57. The van der Waals surface area contributed by atoms with Gasteiger partial charge in [-0.25, -0.2) is 13.4 Å². The molecule has 0 spiro atoms. The zero-order chi connectivity index (χ0) is 24.1. The molecule has 0 aliphatic rings. The summed E-state index contributed by atoms with van der Waals surface area (Å²) < 4.78 is 28.5. The topological polar surface area (TPSA) is 79.4 Å². The van der Waals surface area contributed by atoms with E-state index >= 15 is 0 Å². The Balaban J connectivity index is 1.56. The van der Waals surface area contributed by atoms with Gasteiger partial charge in [0.05, 0.1) is 20.8 Å². The van der Waals surface area contributed by atoms with E-state index in [1.54, 1.807) is 23.5 Å². The van der Waals surface area contributed by atoms with Crippen molar-refractivity contribution in [1.82, 2.24) is 9.29 Å². The molecule has 1 heterocycles. The summed E-state index contributed by atoms with van der Waals surface area (Å²) in [6, 6.07) is 21.6. The van der Waals surface area contributed by atoms with Crippen molar-refractivity contribution in [2.75, 3.05) is 18.4 Å². The van der Waals surface area contributed by atoms with Gasteiger partial charge in [0.25, 0.3) is 5.91 Å². The highest BCUT2D eigenvalue weighted by Crippen LogP contribution is 2.34. The molecular formula is C26H27N3O3S2. The molecule has 0 unspecified atom stereocenters. The van der Waals surface area contributed by atoms with Crippen LogP contribution in [-0.4, -0.2) is 36.7 Å². The molecule has 176 valence electrons. The minimum atomic E-state index is -3.59. The van der Waals surface area contributed by atoms with E-state index in [9.17, 15) is 13.2 Å². The van der Waals surface area contributed by atoms with Crippen molar-refractivity contribution >= 4 is 43.2 Å². The number of fused-ring (bicyclic) bond motifs is 1. The molecule has 4 rings (SSSR count). The number of anilines is 1. The zero-order valence-corrected chi connectivity index (χ0v) is 20.8. The number of benzene rings is 3. The highest BCUT2D eigenvalue weighted by atomic mass is 32.2. The van der Waals surface area contributed by atoms with Crippen LogP contribution in [0.2, 0.25) is 0 Å². The molecule has 1 aromatic heterocycles. The third-order valence-corrected chi connectivity index (χ3v) is 8.38. The minimum Gasteiger partial charge on any atom is -0.321 e. The molecule has 3 aromatic carbocycles. The average Bonchev–Trinajstić information content (AvgIpc) is 3.28. The van der Waals surface area contributed by atoms with E-state index in [0.29, 0.717) is 24.3 Å². The highest BCUT2D eigenvalue weighted by Gasteiger charge is 2.23. The molecule has 0 fully saturated rings. The standard InChI is InChI=1S/C26H27N3O3S2/c1-3-17-29(18-4-2)34(31,32)20-15-13-19(14-16-20)25(30)27-22-10-6-5-9-21(22)26-28-23-11-7-8-12-24(23)33-26/h5-16H,3-4,17-18H2,1-2H3,(H,27,30). The average molecular weight is 494 g/mol. The zero-order valence-electron chi connectivity index (χ0n) is 19.2. The van der Waals surface area contributed by atoms with Gasteiger partial charge >= 0.3 is 0 Å². The van der Waals surface area contributed by atoms with E-state index in [1.165, 1.54) is 16.4 Å². The smallest absolute Gasteiger partial charge is 0.255 e. The van der Waals surface area contributed by atoms with E-state index in [2.05, 4.69) is 5.32 Å². The second kappa shape index (κ2) is 10.5. The van der Waals surface area contributed by atoms with Gasteiger partial charge in [0, 0.05) is 24.2 Å². The lowest BCUT2D eigenvalue weighted by Crippen LogP contribution is -2.32. The van der Waals surface area contributed by atoms with Crippen molar-refractivity contribution in [3.8, 4) is 10.6 Å². The maximum Gasteiger partial charge on any atom is 0.255 e. The summed E-state index contributed by atoms with van der Waals surface area (Å²) in [4.78, 5) is 17.9. The number of rotatable bonds is 9. The first-order valence-electron chi connectivity index (χ1n) is 11.3. The Bertz CT molecular complexity index is 1360. The fourth-order valence-corrected chi connectivity index (χ4v) is 6.37. The molecule has 0 aliphatic heterocycles. The second-order valence-corrected chi connectivity index (χ2v) is 10.9. The van der Waals surface area contributed by atoms with Crippen LogP contribution in [0, 0.1) is 0 Å². The largest absolute Gasteiger partial charge is 0.321 e. The summed E-state index contributed by atoms with van der Waals surface area (Å²) in [5.41, 5.74) is 2.79. The fourth-order valence-electron chi connectivity index (χ4n) is 3.74. The molecule has 1 N–H and O–H groups in total. The molecule has 0 saturated heterocycles. The third-order valence-electron chi connectivity index (χ3n) is 5.40. The first-order valence-corrected chi connectivity index (χ1v) is 13.6. The molecule has 1 amide bonds. The van der Waals surface area contributed by atoms with Crippen molar-refractivity contribution < 1.29 is 13.2 Å². The predicted molar refractivity (Wildman–Crippen MR) is 139 cm³/mol. The van der Waals surface area contributed by atoms with Crippen LogP contribution in [0.4, 0.5) is 5.69 Å². The van der Waals surface area contributed by atoms with Crippen LogP contribution in [0.15, 0.2) is 77.7 Å². The Morgan fingerprint density at radius 2 is 1.56 bits per heavy atom. The molecule has 34 heavy (non-hydrogen) atoms. The predicted octanol–water partition coefficient (Wildman–Crippen LogP) is 6.03. The lowest BCUT2D eigenvalue weighted by Gasteiger charge is -2.21. The fraction of sp³-hybridized carbons (Fsp3) is 0.231. The number of para-hydroxylation sites is 2. The number of hydrogen-bond donors (Lipinski definition) is 1. The summed E-state index contributed by atoms with van der Waals surface area (Å²) in [6.07, 6.45) is 1.49. The van der Waals surface area contributed by atoms with E-state index < -0.39 is 10.0 Å². The summed E-state index contributed by atoms with van der Waals surface area (Å²) in [5, 5.41) is 3.78. The van der Waals surface area contributed by atoms with Crippen molar-refractivity contribution in [2.24, 2.45) is 0 Å². The van der Waals surface area contributed by atoms with Crippen LogP contribution in [0.1, 0.15) is 37.0 Å². The molecule has 0 atom stereocenters. The lowest BCUT2D eigenvalue weighted by atomic mass is 10.1. The Labute approximate surface area is 204 Å². The SMILES string of the molecule is CCCN(CCC)S(=O)(=O)c1ccc(C(=O)Nc2ccccc2-c2nc3ccccc3s2)cc1. The summed E-state index contributed by atoms with van der Waals surface area (Å²) in [7, 11) is -3.59. The Hall–Kier alpha value is -3.07. The van der Waals surface area contributed by atoms with Crippen molar-refractivity contribution in [1.29, 1.82) is 0 Å². The summed E-state index contributed by atoms with van der Waals surface area (Å²) in [6.45, 7) is 4.86. The second-order valence-electron chi connectivity index (χ2n) is 7.91. The number of thiazole rings is 1. The number of nitrogens with zero attached hydrogens (tertiary/aromatic N) is 2. The number of amides is 1. The molecule has 6 nitrogen and oxygen atoms in total. The molecule has 0 aliphatic carbocycles. The maximum absolute atomic E-state index is 13.0. The van der Waals surface area contributed by atoms with Gasteiger partial charge in [-0.05, 0) is 61.4 Å². The first kappa shape index (κ1) is 24.1. The van der Waals surface area contributed by atoms with Crippen LogP contribution in [0.25, 0.3) is 20.8 Å². The van der Waals surface area contributed by atoms with Crippen molar-refractivity contribution in [3.63, 3.8) is 0 Å². The van der Waals surface area contributed by atoms with Crippen LogP contribution in [0.5, 0.6) is 0 Å². The lowest BCUT2D eigenvalue weighted by molar-refractivity contribution is 0.102. The number of carbonyl (C=O) groups is 1. The first-order chi connectivity index (χ1) is 16.4. The van der Waals surface area contributed by atoms with E-state index in [0.717, 1.165) is 33.6 Å². The van der Waals surface area contributed by atoms with Crippen LogP contribution in [-0.2, 0) is 10.0 Å². The van der Waals surface area contributed by atoms with Gasteiger partial charge in [-0.3, -0.25) is 4.79 Å². The maximum atomic E-state index is 13.0. The van der Waals surface area contributed by atoms with Crippen LogP contribution in [0.3, 0.4) is 0 Å². The summed E-state index contributed by atoms with van der Waals surface area (Å²) in [5.74, 6) is -0.309. The van der Waals surface area contributed by atoms with Gasteiger partial charge in [-0.1, -0.05) is 38.1 Å². The molecule has 8 heteroatoms. The monoisotopic (exact) mass is 493 g/mol. The highest BCUT2D eigenvalue weighted by molar-refractivity contribution is 7.89. The van der Waals surface area contributed by atoms with Crippen LogP contribution >= 0.6 is 11.3 Å². The molecule has 0 bridgehead atoms. The van der Waals surface area contributed by atoms with Gasteiger partial charge in [0.15, 0.2) is 0 Å². The minimum absolute atomic E-state index is 0.195. The number of nitrogens with one attached hydrogen (secondary N) is 1. The van der Waals surface area contributed by atoms with Gasteiger partial charge in [-0.15, -0.1) is 11.3 Å². The Kier molecular flexibility index (Phi) is 7.41. The van der Waals surface area contributed by atoms with Gasteiger partial charge in [0.1, 0.15) is 5.01 Å². The Morgan fingerprint density at radius 3 is 2.24 bits per heavy atom. The number of hydrogen-bond acceptors (Lipinski definition) is 5. The van der Waals surface area contributed by atoms with Gasteiger partial charge in [0.2, 0.25) is 10.0 Å². The number of aromatic nitrogens is 1. The molecule has 4 aromatic rings. The third kappa shape index (κ3) is 5.04. The van der Waals surface area contributed by atoms with E-state index in [4.69, 9.17) is 4.98 Å². The molecule has 0 saturated carbocycles. The number of sulfonamides is 1. The Morgan fingerprint density at radius 1 is 0.912 bits per heavy atom. The van der Waals surface area contributed by atoms with E-state index in [-0.39, 0.29) is 10.8 Å².